The van der Waals surface area contributed by atoms with Gasteiger partial charge in [-0.25, -0.2) is 4.79 Å². The Morgan fingerprint density at radius 1 is 1.50 bits per heavy atom. The van der Waals surface area contributed by atoms with Crippen molar-refractivity contribution < 1.29 is 9.90 Å². The Balaban J connectivity index is 2.77. The van der Waals surface area contributed by atoms with Crippen LogP contribution >= 0.6 is 0 Å². The van der Waals surface area contributed by atoms with E-state index in [2.05, 4.69) is 6.92 Å². The molecule has 1 aliphatic carbocycles. The van der Waals surface area contributed by atoms with Crippen LogP contribution in [0.2, 0.25) is 0 Å². The Morgan fingerprint density at radius 2 is 2.25 bits per heavy atom. The molecule has 0 saturated carbocycles. The van der Waals surface area contributed by atoms with Crippen LogP contribution in [-0.2, 0) is 4.79 Å². The molecule has 0 aromatic rings. The van der Waals surface area contributed by atoms with E-state index in [1.165, 1.54) is 5.57 Å². The van der Waals surface area contributed by atoms with Gasteiger partial charge in [0.15, 0.2) is 0 Å². The largest absolute Gasteiger partial charge is 0.478 e. The number of carboxylic acids is 1. The molecule has 0 aromatic heterocycles. The number of aliphatic carboxylic acids is 1. The predicted octanol–water partition coefficient (Wildman–Crippen LogP) is 2.29. The van der Waals surface area contributed by atoms with Gasteiger partial charge in [0.25, 0.3) is 0 Å². The molecule has 0 atom stereocenters. The van der Waals surface area contributed by atoms with Crippen LogP contribution < -0.4 is 0 Å². The number of rotatable bonds is 2. The maximum atomic E-state index is 10.6. The molecular formula is C10H12O2. The number of carbonyl (C=O) groups is 1. The van der Waals surface area contributed by atoms with Gasteiger partial charge in [-0.1, -0.05) is 30.7 Å². The third-order valence-corrected chi connectivity index (χ3v) is 1.85. The van der Waals surface area contributed by atoms with E-state index in [9.17, 15) is 4.79 Å². The van der Waals surface area contributed by atoms with Crippen molar-refractivity contribution in [3.05, 3.63) is 35.5 Å². The highest BCUT2D eigenvalue weighted by atomic mass is 16.4. The second-order valence-electron chi connectivity index (χ2n) is 2.67. The average Bonchev–Trinajstić information content (AvgIpc) is 2.28. The Hall–Kier alpha value is -1.31. The van der Waals surface area contributed by atoms with Crippen LogP contribution in [0.25, 0.3) is 0 Å². The first-order chi connectivity index (χ1) is 5.74. The van der Waals surface area contributed by atoms with Crippen molar-refractivity contribution in [3.8, 4) is 0 Å². The molecule has 1 rings (SSSR count). The summed E-state index contributed by atoms with van der Waals surface area (Å²) in [6.07, 6.45) is 8.97. The number of hydrogen-bond acceptors (Lipinski definition) is 1. The fraction of sp³-hybridized carbons (Fsp3) is 0.300. The van der Waals surface area contributed by atoms with Gasteiger partial charge in [-0.2, -0.15) is 0 Å². The second kappa shape index (κ2) is 3.90. The zero-order valence-electron chi connectivity index (χ0n) is 7.08. The molecule has 1 N–H and O–H groups in total. The van der Waals surface area contributed by atoms with Crippen LogP contribution in [0.5, 0.6) is 0 Å². The van der Waals surface area contributed by atoms with Crippen molar-refractivity contribution >= 4 is 5.97 Å². The van der Waals surface area contributed by atoms with Gasteiger partial charge >= 0.3 is 5.97 Å². The first-order valence-corrected chi connectivity index (χ1v) is 4.04. The summed E-state index contributed by atoms with van der Waals surface area (Å²) in [7, 11) is 0. The van der Waals surface area contributed by atoms with Crippen molar-refractivity contribution in [1.82, 2.24) is 0 Å². The quantitative estimate of drug-likeness (QED) is 0.679. The first-order valence-electron chi connectivity index (χ1n) is 4.04. The minimum absolute atomic E-state index is 0.384. The van der Waals surface area contributed by atoms with E-state index in [4.69, 9.17) is 5.11 Å². The standard InChI is InChI=1S/C10H12O2/c1-2-8-4-3-5-9(7-6-8)10(11)12/h4-7H,2-3H2,1H3,(H,11,12). The lowest BCUT2D eigenvalue weighted by molar-refractivity contribution is -0.132. The molecule has 0 aliphatic heterocycles. The smallest absolute Gasteiger partial charge is 0.335 e. The predicted molar refractivity (Wildman–Crippen MR) is 47.8 cm³/mol. The fourth-order valence-corrected chi connectivity index (χ4v) is 1.09. The first kappa shape index (κ1) is 8.78. The summed E-state index contributed by atoms with van der Waals surface area (Å²) in [4.78, 5) is 10.6. The molecule has 0 saturated heterocycles. The zero-order chi connectivity index (χ0) is 8.97. The van der Waals surface area contributed by atoms with E-state index < -0.39 is 5.97 Å². The zero-order valence-corrected chi connectivity index (χ0v) is 7.08. The Morgan fingerprint density at radius 3 is 2.83 bits per heavy atom. The Bertz CT molecular complexity index is 270. The van der Waals surface area contributed by atoms with Crippen LogP contribution in [0, 0.1) is 0 Å². The molecule has 12 heavy (non-hydrogen) atoms. The lowest BCUT2D eigenvalue weighted by atomic mass is 10.2. The minimum Gasteiger partial charge on any atom is -0.478 e. The van der Waals surface area contributed by atoms with E-state index in [0.29, 0.717) is 5.57 Å². The molecule has 2 nitrogen and oxygen atoms in total. The molecule has 1 aliphatic rings. The van der Waals surface area contributed by atoms with Gasteiger partial charge in [0.05, 0.1) is 5.57 Å². The number of allylic oxidation sites excluding steroid dienone is 4. The van der Waals surface area contributed by atoms with Gasteiger partial charge in [0, 0.05) is 0 Å². The summed E-state index contributed by atoms with van der Waals surface area (Å²) < 4.78 is 0. The minimum atomic E-state index is -0.850. The van der Waals surface area contributed by atoms with Crippen molar-refractivity contribution in [3.63, 3.8) is 0 Å². The number of hydrogen-bond donors (Lipinski definition) is 1. The summed E-state index contributed by atoms with van der Waals surface area (Å²) >= 11 is 0. The molecule has 0 unspecified atom stereocenters. The Kier molecular flexibility index (Phi) is 2.86. The average molecular weight is 164 g/mol. The molecule has 0 amide bonds. The number of carboxylic acid groups (broad SMARTS) is 1. The second-order valence-corrected chi connectivity index (χ2v) is 2.67. The van der Waals surface area contributed by atoms with E-state index in [1.807, 2.05) is 12.2 Å². The third kappa shape index (κ3) is 2.09. The maximum absolute atomic E-state index is 10.6. The van der Waals surface area contributed by atoms with Crippen LogP contribution in [-0.4, -0.2) is 11.1 Å². The van der Waals surface area contributed by atoms with Crippen LogP contribution in [0.15, 0.2) is 35.5 Å². The summed E-state index contributed by atoms with van der Waals surface area (Å²) in [6.45, 7) is 2.06. The van der Waals surface area contributed by atoms with Crippen molar-refractivity contribution in [1.29, 1.82) is 0 Å². The molecule has 0 aromatic carbocycles. The summed E-state index contributed by atoms with van der Waals surface area (Å²) in [5.74, 6) is -0.850. The molecule has 0 bridgehead atoms. The Labute approximate surface area is 71.9 Å². The SMILES string of the molecule is CCC1=CCC=C(C(=O)O)C=C1. The molecule has 64 valence electrons. The molecular weight excluding hydrogens is 152 g/mol. The van der Waals surface area contributed by atoms with Gasteiger partial charge < -0.3 is 5.11 Å². The lowest BCUT2D eigenvalue weighted by Crippen LogP contribution is -1.96. The summed E-state index contributed by atoms with van der Waals surface area (Å²) in [5.41, 5.74) is 1.58. The summed E-state index contributed by atoms with van der Waals surface area (Å²) in [5, 5.41) is 8.68. The normalized spacial score (nSPS) is 16.4. The van der Waals surface area contributed by atoms with E-state index in [1.54, 1.807) is 12.2 Å². The van der Waals surface area contributed by atoms with E-state index in [0.717, 1.165) is 12.8 Å². The molecule has 0 heterocycles. The topological polar surface area (TPSA) is 37.3 Å². The van der Waals surface area contributed by atoms with Crippen LogP contribution in [0.3, 0.4) is 0 Å². The van der Waals surface area contributed by atoms with E-state index >= 15 is 0 Å². The highest BCUT2D eigenvalue weighted by Gasteiger charge is 2.03. The van der Waals surface area contributed by atoms with Gasteiger partial charge in [0.2, 0.25) is 0 Å². The van der Waals surface area contributed by atoms with Crippen LogP contribution in [0.1, 0.15) is 19.8 Å². The van der Waals surface area contributed by atoms with Crippen LogP contribution in [0.4, 0.5) is 0 Å². The fourth-order valence-electron chi connectivity index (χ4n) is 1.09. The van der Waals surface area contributed by atoms with Crippen molar-refractivity contribution in [2.45, 2.75) is 19.8 Å². The lowest BCUT2D eigenvalue weighted by Gasteiger charge is -1.91. The highest BCUT2D eigenvalue weighted by molar-refractivity contribution is 5.90. The maximum Gasteiger partial charge on any atom is 0.335 e. The summed E-state index contributed by atoms with van der Waals surface area (Å²) in [6, 6.07) is 0. The van der Waals surface area contributed by atoms with E-state index in [-0.39, 0.29) is 0 Å². The van der Waals surface area contributed by atoms with Gasteiger partial charge in [-0.15, -0.1) is 0 Å². The molecule has 0 spiro atoms. The highest BCUT2D eigenvalue weighted by Crippen LogP contribution is 2.12. The molecule has 0 radical (unpaired) electrons. The molecule has 2 heteroatoms. The molecule has 0 fully saturated rings. The van der Waals surface area contributed by atoms with Crippen molar-refractivity contribution in [2.75, 3.05) is 0 Å². The van der Waals surface area contributed by atoms with Gasteiger partial charge in [0.1, 0.15) is 0 Å². The monoisotopic (exact) mass is 164 g/mol. The van der Waals surface area contributed by atoms with Gasteiger partial charge in [-0.05, 0) is 18.9 Å². The van der Waals surface area contributed by atoms with Crippen molar-refractivity contribution in [2.24, 2.45) is 0 Å². The third-order valence-electron chi connectivity index (χ3n) is 1.85. The van der Waals surface area contributed by atoms with Gasteiger partial charge in [-0.3, -0.25) is 0 Å².